The lowest BCUT2D eigenvalue weighted by Crippen LogP contribution is -2.73. The van der Waals surface area contributed by atoms with Gasteiger partial charge in [-0.05, 0) is 36.4 Å². The van der Waals surface area contributed by atoms with Crippen molar-refractivity contribution < 1.29 is 19.1 Å². The Morgan fingerprint density at radius 2 is 1.68 bits per heavy atom. The molecule has 1 saturated carbocycles. The summed E-state index contributed by atoms with van der Waals surface area (Å²) in [6, 6.07) is 17.5. The second-order valence-electron chi connectivity index (χ2n) is 11.1. The van der Waals surface area contributed by atoms with Crippen LogP contribution in [0.2, 0.25) is 5.02 Å². The standard InChI is InChI=1S/C30H29ClFN5O3/c1-29(2)27(30(3,4)28(29)40)35-26(39)22-16-23(37(36-22)18-9-6-5-7-10-18)34-25(38)19-15-17(12-13-20(19)31)24-21(32)11-8-14-33-24/h5-16,27-28,40H,1-4H3,(H,34,38)(H,35,39). The van der Waals surface area contributed by atoms with Crippen molar-refractivity contribution in [2.45, 2.75) is 39.8 Å². The molecule has 0 saturated heterocycles. The maximum atomic E-state index is 14.4. The van der Waals surface area contributed by atoms with E-state index in [2.05, 4.69) is 20.7 Å². The number of aliphatic hydroxyl groups is 1. The number of carbonyl (C=O) groups excluding carboxylic acids is 2. The average molecular weight is 562 g/mol. The van der Waals surface area contributed by atoms with Gasteiger partial charge in [-0.3, -0.25) is 14.6 Å². The number of aromatic nitrogens is 3. The van der Waals surface area contributed by atoms with Crippen molar-refractivity contribution in [3.8, 4) is 16.9 Å². The molecule has 2 aromatic heterocycles. The quantitative estimate of drug-likeness (QED) is 0.288. The molecular weight excluding hydrogens is 533 g/mol. The Labute approximate surface area is 236 Å². The zero-order chi connectivity index (χ0) is 28.8. The third-order valence-corrected chi connectivity index (χ3v) is 7.93. The van der Waals surface area contributed by atoms with Gasteiger partial charge in [-0.2, -0.15) is 5.10 Å². The van der Waals surface area contributed by atoms with Crippen LogP contribution in [0.1, 0.15) is 48.5 Å². The highest BCUT2D eigenvalue weighted by Crippen LogP contribution is 2.53. The molecule has 2 aromatic carbocycles. The molecule has 1 fully saturated rings. The Kier molecular flexibility index (Phi) is 6.97. The molecule has 5 rings (SSSR count). The average Bonchev–Trinajstić information content (AvgIpc) is 3.36. The van der Waals surface area contributed by atoms with Crippen LogP contribution in [-0.4, -0.2) is 43.8 Å². The van der Waals surface area contributed by atoms with Crippen molar-refractivity contribution in [1.29, 1.82) is 0 Å². The monoisotopic (exact) mass is 561 g/mol. The van der Waals surface area contributed by atoms with Gasteiger partial charge in [0.15, 0.2) is 5.69 Å². The molecule has 1 aliphatic carbocycles. The van der Waals surface area contributed by atoms with Crippen LogP contribution in [0.15, 0.2) is 72.9 Å². The minimum absolute atomic E-state index is 0.0857. The van der Waals surface area contributed by atoms with Gasteiger partial charge in [-0.25, -0.2) is 9.07 Å². The van der Waals surface area contributed by atoms with E-state index in [-0.39, 0.29) is 33.8 Å². The predicted octanol–water partition coefficient (Wildman–Crippen LogP) is 5.50. The molecule has 0 radical (unpaired) electrons. The van der Waals surface area contributed by atoms with Crippen LogP contribution in [0.3, 0.4) is 0 Å². The van der Waals surface area contributed by atoms with E-state index in [4.69, 9.17) is 11.6 Å². The summed E-state index contributed by atoms with van der Waals surface area (Å²) < 4.78 is 15.8. The molecule has 3 N–H and O–H groups in total. The summed E-state index contributed by atoms with van der Waals surface area (Å²) in [6.45, 7) is 7.60. The number of anilines is 1. The molecule has 8 nitrogen and oxygen atoms in total. The van der Waals surface area contributed by atoms with Gasteiger partial charge in [-0.1, -0.05) is 63.6 Å². The molecule has 40 heavy (non-hydrogen) atoms. The van der Waals surface area contributed by atoms with E-state index in [0.717, 1.165) is 0 Å². The fraction of sp³-hybridized carbons (Fsp3) is 0.267. The van der Waals surface area contributed by atoms with Crippen LogP contribution in [0.25, 0.3) is 16.9 Å². The van der Waals surface area contributed by atoms with Crippen molar-refractivity contribution in [2.75, 3.05) is 5.32 Å². The number of amides is 2. The molecule has 0 aliphatic heterocycles. The fourth-order valence-corrected chi connectivity index (χ4v) is 5.89. The molecule has 1 aliphatic rings. The highest BCUT2D eigenvalue weighted by Gasteiger charge is 2.61. The number of benzene rings is 2. The lowest BCUT2D eigenvalue weighted by Gasteiger charge is -2.61. The number of hydrogen-bond donors (Lipinski definition) is 3. The third-order valence-electron chi connectivity index (χ3n) is 7.60. The van der Waals surface area contributed by atoms with E-state index in [0.29, 0.717) is 11.3 Å². The van der Waals surface area contributed by atoms with Crippen LogP contribution in [-0.2, 0) is 0 Å². The number of rotatable bonds is 6. The van der Waals surface area contributed by atoms with E-state index in [1.54, 1.807) is 18.2 Å². The maximum Gasteiger partial charge on any atom is 0.272 e. The molecule has 2 amide bonds. The number of nitrogens with one attached hydrogen (secondary N) is 2. The summed E-state index contributed by atoms with van der Waals surface area (Å²) >= 11 is 6.36. The van der Waals surface area contributed by atoms with E-state index < -0.39 is 34.6 Å². The van der Waals surface area contributed by atoms with Crippen molar-refractivity contribution >= 4 is 29.2 Å². The van der Waals surface area contributed by atoms with Crippen LogP contribution in [0, 0.1) is 16.6 Å². The molecule has 0 atom stereocenters. The van der Waals surface area contributed by atoms with Gasteiger partial charge in [0.05, 0.1) is 22.4 Å². The zero-order valence-electron chi connectivity index (χ0n) is 22.4. The number of pyridine rings is 1. The van der Waals surface area contributed by atoms with E-state index >= 15 is 0 Å². The normalized spacial score (nSPS) is 19.0. The second-order valence-corrected chi connectivity index (χ2v) is 11.5. The molecule has 2 heterocycles. The fourth-order valence-electron chi connectivity index (χ4n) is 5.69. The third kappa shape index (κ3) is 4.76. The number of aliphatic hydroxyl groups excluding tert-OH is 1. The topological polar surface area (TPSA) is 109 Å². The van der Waals surface area contributed by atoms with Crippen molar-refractivity contribution in [2.24, 2.45) is 10.8 Å². The summed E-state index contributed by atoms with van der Waals surface area (Å²) in [5.41, 5.74) is 0.239. The lowest BCUT2D eigenvalue weighted by atomic mass is 9.49. The summed E-state index contributed by atoms with van der Waals surface area (Å²) in [5.74, 6) is -1.30. The van der Waals surface area contributed by atoms with Gasteiger partial charge < -0.3 is 15.7 Å². The summed E-state index contributed by atoms with van der Waals surface area (Å²) in [4.78, 5) is 30.8. The molecule has 206 valence electrons. The molecule has 0 spiro atoms. The van der Waals surface area contributed by atoms with Gasteiger partial charge in [-0.15, -0.1) is 0 Å². The number of halogens is 2. The molecule has 4 aromatic rings. The van der Waals surface area contributed by atoms with Crippen molar-refractivity contribution in [3.63, 3.8) is 0 Å². The van der Waals surface area contributed by atoms with Gasteiger partial charge in [0, 0.05) is 34.7 Å². The smallest absolute Gasteiger partial charge is 0.272 e. The summed E-state index contributed by atoms with van der Waals surface area (Å²) in [5, 5.41) is 21.0. The number of nitrogens with zero attached hydrogens (tertiary/aromatic N) is 3. The first kappa shape index (κ1) is 27.5. The van der Waals surface area contributed by atoms with Gasteiger partial charge >= 0.3 is 0 Å². The highest BCUT2D eigenvalue weighted by molar-refractivity contribution is 6.34. The number of carbonyl (C=O) groups is 2. The van der Waals surface area contributed by atoms with Crippen LogP contribution in [0.4, 0.5) is 10.2 Å². The highest BCUT2D eigenvalue weighted by atomic mass is 35.5. The Balaban J connectivity index is 1.47. The number of para-hydroxylation sites is 1. The molecular formula is C30H29ClFN5O3. The Morgan fingerprint density at radius 1 is 0.975 bits per heavy atom. The van der Waals surface area contributed by atoms with Crippen LogP contribution >= 0.6 is 11.6 Å². The first-order valence-corrected chi connectivity index (χ1v) is 13.1. The number of hydrogen-bond acceptors (Lipinski definition) is 5. The first-order chi connectivity index (χ1) is 18.9. The maximum absolute atomic E-state index is 14.4. The lowest BCUT2D eigenvalue weighted by molar-refractivity contribution is -0.179. The zero-order valence-corrected chi connectivity index (χ0v) is 23.2. The first-order valence-electron chi connectivity index (χ1n) is 12.8. The van der Waals surface area contributed by atoms with Gasteiger partial charge in [0.2, 0.25) is 0 Å². The molecule has 0 unspecified atom stereocenters. The summed E-state index contributed by atoms with van der Waals surface area (Å²) in [7, 11) is 0. The van der Waals surface area contributed by atoms with Crippen LogP contribution in [0.5, 0.6) is 0 Å². The predicted molar refractivity (Wildman–Crippen MR) is 151 cm³/mol. The Hall–Kier alpha value is -4.08. The minimum Gasteiger partial charge on any atom is -0.392 e. The molecule has 0 bridgehead atoms. The SMILES string of the molecule is CC1(C)C(O)C(C)(C)C1NC(=O)c1cc(NC(=O)c2cc(-c3ncccc3F)ccc2Cl)n(-c2ccccc2)n1. The van der Waals surface area contributed by atoms with Crippen LogP contribution < -0.4 is 10.6 Å². The van der Waals surface area contributed by atoms with Gasteiger partial charge in [0.1, 0.15) is 17.3 Å². The van der Waals surface area contributed by atoms with E-state index in [1.165, 1.54) is 41.2 Å². The molecule has 10 heteroatoms. The second kappa shape index (κ2) is 10.1. The van der Waals surface area contributed by atoms with E-state index in [9.17, 15) is 19.1 Å². The largest absolute Gasteiger partial charge is 0.392 e. The Morgan fingerprint density at radius 3 is 2.35 bits per heavy atom. The van der Waals surface area contributed by atoms with E-state index in [1.807, 2.05) is 45.9 Å². The van der Waals surface area contributed by atoms with Gasteiger partial charge in [0.25, 0.3) is 11.8 Å². The Bertz CT molecular complexity index is 1590. The minimum atomic E-state index is -0.581. The van der Waals surface area contributed by atoms with Crippen molar-refractivity contribution in [3.05, 3.63) is 95.0 Å². The van der Waals surface area contributed by atoms with Crippen molar-refractivity contribution in [1.82, 2.24) is 20.1 Å². The summed E-state index contributed by atoms with van der Waals surface area (Å²) in [6.07, 6.45) is 0.881.